The number of nitrogens with zero attached hydrogens (tertiary/aromatic N) is 2. The first-order chi connectivity index (χ1) is 8.69. The third-order valence-corrected chi connectivity index (χ3v) is 3.44. The van der Waals surface area contributed by atoms with E-state index in [1.807, 2.05) is 13.0 Å². The fourth-order valence-corrected chi connectivity index (χ4v) is 2.65. The molecule has 2 heterocycles. The van der Waals surface area contributed by atoms with Gasteiger partial charge in [-0.1, -0.05) is 0 Å². The van der Waals surface area contributed by atoms with Crippen LogP contribution in [-0.4, -0.2) is 45.2 Å². The Morgan fingerprint density at radius 2 is 2.33 bits per heavy atom. The number of pyridine rings is 1. The van der Waals surface area contributed by atoms with Gasteiger partial charge in [-0.2, -0.15) is 0 Å². The van der Waals surface area contributed by atoms with Gasteiger partial charge in [0.15, 0.2) is 0 Å². The number of aromatic nitrogens is 2. The number of fused-ring (bicyclic) bond motifs is 1. The van der Waals surface area contributed by atoms with Crippen molar-refractivity contribution in [1.29, 1.82) is 0 Å². The van der Waals surface area contributed by atoms with Gasteiger partial charge in [-0.25, -0.2) is 0 Å². The van der Waals surface area contributed by atoms with Crippen LogP contribution < -0.4 is 10.3 Å². The molecule has 93 valence electrons. The van der Waals surface area contributed by atoms with Crippen LogP contribution in [0.2, 0.25) is 0 Å². The summed E-state index contributed by atoms with van der Waals surface area (Å²) >= 11 is 6.66. The van der Waals surface area contributed by atoms with E-state index in [0.717, 1.165) is 31.5 Å². The van der Waals surface area contributed by atoms with E-state index in [4.69, 9.17) is 16.3 Å². The summed E-state index contributed by atoms with van der Waals surface area (Å²) in [6.45, 7) is 1.83. The molecule has 0 bridgehead atoms. The summed E-state index contributed by atoms with van der Waals surface area (Å²) in [5.41, 5.74) is 1.92. The average molecular weight is 459 g/mol. The molecule has 0 amide bonds. The number of halogens is 1. The van der Waals surface area contributed by atoms with Gasteiger partial charge >= 0.3 is 126 Å². The number of hydrogen-bond donors (Lipinski definition) is 0. The molecule has 2 aromatic heterocycles. The molecular weight excluding hydrogens is 447 g/mol. The Bertz CT molecular complexity index is 627. The number of rotatable bonds is 4. The minimum atomic E-state index is -0.0584. The van der Waals surface area contributed by atoms with E-state index >= 15 is 0 Å². The second kappa shape index (κ2) is 6.01. The van der Waals surface area contributed by atoms with E-state index < -0.39 is 0 Å². The van der Waals surface area contributed by atoms with Gasteiger partial charge in [-0.15, -0.1) is 0 Å². The van der Waals surface area contributed by atoms with Crippen molar-refractivity contribution in [2.45, 2.75) is 13.3 Å². The van der Waals surface area contributed by atoms with E-state index in [1.165, 1.54) is 4.40 Å². The molecule has 4 nitrogen and oxygen atoms in total. The van der Waals surface area contributed by atoms with E-state index in [0.29, 0.717) is 33.4 Å². The molecule has 0 aliphatic carbocycles. The average Bonchev–Trinajstić information content (AvgIpc) is 2.36. The first-order valence-corrected chi connectivity index (χ1v) is 8.81. The fraction of sp³-hybridized carbons (Fsp3) is 0.333. The molecule has 3 radical (unpaired) electrons. The third-order valence-electron chi connectivity index (χ3n) is 2.69. The van der Waals surface area contributed by atoms with Crippen LogP contribution in [0, 0.1) is 6.92 Å². The third kappa shape index (κ3) is 2.54. The van der Waals surface area contributed by atoms with Gasteiger partial charge in [-0.3, -0.25) is 0 Å². The molecule has 0 saturated carbocycles. The van der Waals surface area contributed by atoms with Gasteiger partial charge in [0, 0.05) is 0 Å². The number of alkyl halides is 1. The predicted octanol–water partition coefficient (Wildman–Crippen LogP) is 1.29. The standard InChI is InChI=1S/C12H12ClN2O2.Pb/c1-8-9(5-6-13)12(16)15-7-3-4-10(17-2)11(15)14-8;/h3-4,7H,2,5-6H2,1H3;. The van der Waals surface area contributed by atoms with Crippen LogP contribution >= 0.6 is 11.6 Å². The van der Waals surface area contributed by atoms with Gasteiger partial charge in [-0.05, 0) is 0 Å². The van der Waals surface area contributed by atoms with Crippen molar-refractivity contribution < 1.29 is 4.74 Å². The summed E-state index contributed by atoms with van der Waals surface area (Å²) in [7, 11) is 0. The Hall–Kier alpha value is -0.628. The van der Waals surface area contributed by atoms with Crippen LogP contribution in [0.25, 0.3) is 5.65 Å². The number of aryl methyl sites for hydroxylation is 1. The second-order valence-electron chi connectivity index (χ2n) is 3.77. The summed E-state index contributed by atoms with van der Waals surface area (Å²) in [5.74, 6) is 1.07. The SMILES string of the molecule is Cc1nc2c(O[CH2][Pb])cccn2c(=O)c1CCCl. The topological polar surface area (TPSA) is 43.6 Å². The van der Waals surface area contributed by atoms with Crippen molar-refractivity contribution in [2.75, 3.05) is 10.0 Å². The van der Waals surface area contributed by atoms with Crippen LogP contribution in [0.15, 0.2) is 23.1 Å². The predicted molar refractivity (Wildman–Crippen MR) is 71.9 cm³/mol. The van der Waals surface area contributed by atoms with Gasteiger partial charge in [0.25, 0.3) is 0 Å². The minimum absolute atomic E-state index is 0.0584. The summed E-state index contributed by atoms with van der Waals surface area (Å²) < 4.78 is 7.75. The molecule has 2 aromatic rings. The molecule has 0 atom stereocenters. The monoisotopic (exact) mass is 459 g/mol. The summed E-state index contributed by atoms with van der Waals surface area (Å²) in [6, 6.07) is 3.63. The first-order valence-electron chi connectivity index (χ1n) is 5.53. The van der Waals surface area contributed by atoms with Gasteiger partial charge in [0.2, 0.25) is 0 Å². The van der Waals surface area contributed by atoms with Crippen LogP contribution in [-0.2, 0) is 6.42 Å². The van der Waals surface area contributed by atoms with Gasteiger partial charge in [0.05, 0.1) is 0 Å². The van der Waals surface area contributed by atoms with Crippen molar-refractivity contribution in [2.24, 2.45) is 0 Å². The van der Waals surface area contributed by atoms with E-state index in [-0.39, 0.29) is 5.56 Å². The van der Waals surface area contributed by atoms with Gasteiger partial charge < -0.3 is 0 Å². The maximum absolute atomic E-state index is 12.3. The zero-order chi connectivity index (χ0) is 13.1. The van der Waals surface area contributed by atoms with Crippen LogP contribution in [0.3, 0.4) is 0 Å². The molecule has 0 fully saturated rings. The fourth-order valence-electron chi connectivity index (χ4n) is 1.85. The van der Waals surface area contributed by atoms with Crippen molar-refractivity contribution in [1.82, 2.24) is 9.38 Å². The van der Waals surface area contributed by atoms with Crippen molar-refractivity contribution >= 4 is 43.0 Å². The Kier molecular flexibility index (Phi) is 4.61. The molecule has 0 aliphatic rings. The normalized spacial score (nSPS) is 10.8. The summed E-state index contributed by atoms with van der Waals surface area (Å²) in [4.78, 5) is 16.8. The van der Waals surface area contributed by atoms with Crippen molar-refractivity contribution in [3.8, 4) is 5.75 Å². The summed E-state index contributed by atoms with van der Waals surface area (Å²) in [5, 5.41) is 0. The molecule has 2 rings (SSSR count). The van der Waals surface area contributed by atoms with E-state index in [2.05, 4.69) is 4.98 Å². The van der Waals surface area contributed by atoms with Crippen LogP contribution in [0.5, 0.6) is 5.75 Å². The second-order valence-corrected chi connectivity index (χ2v) is 5.27. The molecule has 0 aliphatic heterocycles. The van der Waals surface area contributed by atoms with Crippen molar-refractivity contribution in [3.63, 3.8) is 0 Å². The molecule has 0 N–H and O–H groups in total. The Balaban J connectivity index is 2.73. The number of ether oxygens (including phenoxy) is 1. The first kappa shape index (κ1) is 13.8. The zero-order valence-corrected chi connectivity index (χ0v) is 14.6. The Morgan fingerprint density at radius 1 is 1.56 bits per heavy atom. The van der Waals surface area contributed by atoms with Gasteiger partial charge in [0.1, 0.15) is 0 Å². The Morgan fingerprint density at radius 3 is 3.00 bits per heavy atom. The molecule has 0 saturated heterocycles. The molecule has 0 unspecified atom stereocenters. The zero-order valence-electron chi connectivity index (χ0n) is 9.94. The Labute approximate surface area is 126 Å². The maximum atomic E-state index is 12.3. The molecule has 0 aromatic carbocycles. The summed E-state index contributed by atoms with van der Waals surface area (Å²) in [6.07, 6.45) is 2.25. The molecular formula is C12H12ClN2O2Pb. The molecule has 6 heteroatoms. The molecule has 0 spiro atoms. The van der Waals surface area contributed by atoms with Crippen LogP contribution in [0.4, 0.5) is 0 Å². The quantitative estimate of drug-likeness (QED) is 0.512. The molecule has 18 heavy (non-hydrogen) atoms. The van der Waals surface area contributed by atoms with Crippen LogP contribution in [0.1, 0.15) is 11.3 Å². The van der Waals surface area contributed by atoms with Crippen molar-refractivity contribution in [3.05, 3.63) is 39.9 Å². The van der Waals surface area contributed by atoms with E-state index in [1.54, 1.807) is 12.3 Å². The van der Waals surface area contributed by atoms with E-state index in [9.17, 15) is 4.79 Å². The number of hydrogen-bond acceptors (Lipinski definition) is 3.